The molecule has 8 heteroatoms. The highest BCUT2D eigenvalue weighted by Gasteiger charge is 2.15. The molecular formula is C23H27N5O2S. The molecule has 1 fully saturated rings. The Morgan fingerprint density at radius 2 is 1.84 bits per heavy atom. The molecule has 0 aliphatic carbocycles. The van der Waals surface area contributed by atoms with Crippen LogP contribution in [0, 0.1) is 6.92 Å². The largest absolute Gasteiger partial charge is 0.379 e. The quantitative estimate of drug-likeness (QED) is 0.572. The van der Waals surface area contributed by atoms with Crippen LogP contribution in [0.3, 0.4) is 0 Å². The number of thioether (sulfide) groups is 1. The van der Waals surface area contributed by atoms with Gasteiger partial charge in [0.05, 0.1) is 19.0 Å². The zero-order valence-electron chi connectivity index (χ0n) is 17.9. The number of nitrogens with one attached hydrogen (secondary N) is 1. The first-order valence-corrected chi connectivity index (χ1v) is 11.4. The molecule has 1 saturated heterocycles. The van der Waals surface area contributed by atoms with Crippen molar-refractivity contribution in [2.45, 2.75) is 18.6 Å². The van der Waals surface area contributed by atoms with Crippen molar-refractivity contribution in [2.75, 3.05) is 37.4 Å². The molecule has 2 heterocycles. The molecule has 7 nitrogen and oxygen atoms in total. The number of morpholine rings is 1. The van der Waals surface area contributed by atoms with Gasteiger partial charge in [0.1, 0.15) is 0 Å². The summed E-state index contributed by atoms with van der Waals surface area (Å²) in [5, 5.41) is 12.3. The summed E-state index contributed by atoms with van der Waals surface area (Å²) in [6, 6.07) is 16.1. The van der Waals surface area contributed by atoms with Gasteiger partial charge >= 0.3 is 0 Å². The zero-order chi connectivity index (χ0) is 21.6. The number of amides is 1. The monoisotopic (exact) mass is 437 g/mol. The number of hydrogen-bond acceptors (Lipinski definition) is 6. The average molecular weight is 438 g/mol. The number of hydrogen-bond donors (Lipinski definition) is 1. The smallest absolute Gasteiger partial charge is 0.234 e. The van der Waals surface area contributed by atoms with E-state index in [1.54, 1.807) is 0 Å². The van der Waals surface area contributed by atoms with Crippen molar-refractivity contribution in [1.29, 1.82) is 0 Å². The van der Waals surface area contributed by atoms with Gasteiger partial charge in [-0.1, -0.05) is 48.2 Å². The Bertz CT molecular complexity index is 1030. The van der Waals surface area contributed by atoms with Gasteiger partial charge in [0.2, 0.25) is 5.91 Å². The molecule has 0 radical (unpaired) electrons. The number of nitrogens with zero attached hydrogens (tertiary/aromatic N) is 4. The van der Waals surface area contributed by atoms with Crippen LogP contribution in [0.5, 0.6) is 0 Å². The lowest BCUT2D eigenvalue weighted by Gasteiger charge is -2.26. The van der Waals surface area contributed by atoms with E-state index in [-0.39, 0.29) is 11.7 Å². The molecule has 4 rings (SSSR count). The standard InChI is InChI=1S/C23H27N5O2S/c1-17-5-3-4-6-20(17)22-25-26-23(27(22)2)31-16-21(29)24-19-9-7-18(8-10-19)15-28-11-13-30-14-12-28/h3-10H,11-16H2,1-2H3,(H,24,29). The molecule has 0 unspecified atom stereocenters. The van der Waals surface area contributed by atoms with Crippen molar-refractivity contribution in [2.24, 2.45) is 7.05 Å². The lowest BCUT2D eigenvalue weighted by molar-refractivity contribution is -0.113. The summed E-state index contributed by atoms with van der Waals surface area (Å²) in [5.41, 5.74) is 4.22. The number of aromatic nitrogens is 3. The highest BCUT2D eigenvalue weighted by atomic mass is 32.2. The van der Waals surface area contributed by atoms with Crippen LogP contribution in [-0.4, -0.2) is 57.6 Å². The molecule has 162 valence electrons. The fraction of sp³-hybridized carbons (Fsp3) is 0.348. The Kier molecular flexibility index (Phi) is 7.01. The molecule has 1 amide bonds. The Hall–Kier alpha value is -2.68. The van der Waals surface area contributed by atoms with E-state index in [1.807, 2.05) is 41.9 Å². The molecule has 1 aliphatic heterocycles. The maximum atomic E-state index is 12.4. The third-order valence-electron chi connectivity index (χ3n) is 5.30. The van der Waals surface area contributed by atoms with E-state index in [0.717, 1.165) is 55.5 Å². The molecule has 1 N–H and O–H groups in total. The van der Waals surface area contributed by atoms with Crippen LogP contribution in [0.15, 0.2) is 53.7 Å². The van der Waals surface area contributed by atoms with E-state index in [9.17, 15) is 4.79 Å². The third-order valence-corrected chi connectivity index (χ3v) is 6.32. The minimum atomic E-state index is -0.0635. The molecule has 1 aliphatic rings. The lowest BCUT2D eigenvalue weighted by Crippen LogP contribution is -2.35. The SMILES string of the molecule is Cc1ccccc1-c1nnc(SCC(=O)Nc2ccc(CN3CCOCC3)cc2)n1C. The van der Waals surface area contributed by atoms with Gasteiger partial charge in [-0.25, -0.2) is 0 Å². The Morgan fingerprint density at radius 3 is 2.58 bits per heavy atom. The van der Waals surface area contributed by atoms with Crippen molar-refractivity contribution in [1.82, 2.24) is 19.7 Å². The van der Waals surface area contributed by atoms with Gasteiger partial charge in [-0.3, -0.25) is 9.69 Å². The first-order chi connectivity index (χ1) is 15.1. The van der Waals surface area contributed by atoms with Crippen molar-refractivity contribution in [3.8, 4) is 11.4 Å². The van der Waals surface area contributed by atoms with E-state index in [4.69, 9.17) is 4.74 Å². The summed E-state index contributed by atoms with van der Waals surface area (Å²) in [6.07, 6.45) is 0. The Balaban J connectivity index is 1.30. The second-order valence-electron chi connectivity index (χ2n) is 7.60. The van der Waals surface area contributed by atoms with Gasteiger partial charge in [-0.05, 0) is 30.2 Å². The number of rotatable bonds is 7. The summed E-state index contributed by atoms with van der Waals surface area (Å²) in [4.78, 5) is 14.8. The minimum absolute atomic E-state index is 0.0635. The second kappa shape index (κ2) is 10.1. The first kappa shape index (κ1) is 21.5. The number of benzene rings is 2. The number of aryl methyl sites for hydroxylation is 1. The average Bonchev–Trinajstić information content (AvgIpc) is 3.15. The van der Waals surface area contributed by atoms with Gasteiger partial charge in [-0.2, -0.15) is 0 Å². The summed E-state index contributed by atoms with van der Waals surface area (Å²) in [5.74, 6) is 1.01. The van der Waals surface area contributed by atoms with Crippen LogP contribution in [-0.2, 0) is 23.1 Å². The van der Waals surface area contributed by atoms with Crippen molar-refractivity contribution in [3.05, 3.63) is 59.7 Å². The maximum absolute atomic E-state index is 12.4. The van der Waals surface area contributed by atoms with Crippen LogP contribution in [0.1, 0.15) is 11.1 Å². The molecule has 2 aromatic carbocycles. The van der Waals surface area contributed by atoms with Crippen LogP contribution in [0.4, 0.5) is 5.69 Å². The molecule has 31 heavy (non-hydrogen) atoms. The van der Waals surface area contributed by atoms with E-state index >= 15 is 0 Å². The van der Waals surface area contributed by atoms with E-state index < -0.39 is 0 Å². The van der Waals surface area contributed by atoms with Crippen molar-refractivity contribution in [3.63, 3.8) is 0 Å². The summed E-state index contributed by atoms with van der Waals surface area (Å²) < 4.78 is 7.32. The predicted octanol–water partition coefficient (Wildman–Crippen LogP) is 3.35. The zero-order valence-corrected chi connectivity index (χ0v) is 18.7. The molecule has 1 aromatic heterocycles. The van der Waals surface area contributed by atoms with Crippen LogP contribution < -0.4 is 5.32 Å². The number of carbonyl (C=O) groups excluding carboxylic acids is 1. The van der Waals surface area contributed by atoms with Crippen molar-refractivity contribution < 1.29 is 9.53 Å². The number of anilines is 1. The molecule has 0 atom stereocenters. The fourth-order valence-electron chi connectivity index (χ4n) is 3.54. The predicted molar refractivity (Wildman–Crippen MR) is 123 cm³/mol. The molecular weight excluding hydrogens is 410 g/mol. The van der Waals surface area contributed by atoms with Gasteiger partial charge in [0.25, 0.3) is 0 Å². The fourth-order valence-corrected chi connectivity index (χ4v) is 4.25. The Labute approximate surface area is 186 Å². The van der Waals surface area contributed by atoms with E-state index in [0.29, 0.717) is 5.16 Å². The van der Waals surface area contributed by atoms with Gasteiger partial charge in [-0.15, -0.1) is 10.2 Å². The summed E-state index contributed by atoms with van der Waals surface area (Å²) >= 11 is 1.38. The highest BCUT2D eigenvalue weighted by Crippen LogP contribution is 2.25. The number of ether oxygens (including phenoxy) is 1. The molecule has 0 saturated carbocycles. The van der Waals surface area contributed by atoms with Crippen LogP contribution in [0.25, 0.3) is 11.4 Å². The van der Waals surface area contributed by atoms with Crippen LogP contribution in [0.2, 0.25) is 0 Å². The first-order valence-electron chi connectivity index (χ1n) is 10.4. The highest BCUT2D eigenvalue weighted by molar-refractivity contribution is 7.99. The molecule has 0 bridgehead atoms. The van der Waals surface area contributed by atoms with E-state index in [2.05, 4.69) is 45.5 Å². The van der Waals surface area contributed by atoms with Gasteiger partial charge < -0.3 is 14.6 Å². The van der Waals surface area contributed by atoms with E-state index in [1.165, 1.54) is 17.3 Å². The van der Waals surface area contributed by atoms with Gasteiger partial charge in [0, 0.05) is 37.9 Å². The summed E-state index contributed by atoms with van der Waals surface area (Å²) in [7, 11) is 1.93. The normalized spacial score (nSPS) is 14.5. The molecule has 3 aromatic rings. The maximum Gasteiger partial charge on any atom is 0.234 e. The second-order valence-corrected chi connectivity index (χ2v) is 8.54. The van der Waals surface area contributed by atoms with Crippen molar-refractivity contribution >= 4 is 23.4 Å². The molecule has 0 spiro atoms. The minimum Gasteiger partial charge on any atom is -0.379 e. The number of carbonyl (C=O) groups is 1. The Morgan fingerprint density at radius 1 is 1.10 bits per heavy atom. The lowest BCUT2D eigenvalue weighted by atomic mass is 10.1. The third kappa shape index (κ3) is 5.52. The summed E-state index contributed by atoms with van der Waals surface area (Å²) in [6.45, 7) is 6.47. The van der Waals surface area contributed by atoms with Gasteiger partial charge in [0.15, 0.2) is 11.0 Å². The topological polar surface area (TPSA) is 72.3 Å². The van der Waals surface area contributed by atoms with Crippen LogP contribution >= 0.6 is 11.8 Å².